The third-order valence-electron chi connectivity index (χ3n) is 4.05. The van der Waals surface area contributed by atoms with Crippen molar-refractivity contribution in [2.45, 2.75) is 18.9 Å². The Hall–Kier alpha value is -1.57. The molecule has 1 N–H and O–H groups in total. The average Bonchev–Trinajstić information content (AvgIpc) is 3.01. The Morgan fingerprint density at radius 3 is 2.91 bits per heavy atom. The van der Waals surface area contributed by atoms with Crippen molar-refractivity contribution in [1.29, 1.82) is 0 Å². The number of nitrogens with zero attached hydrogens (tertiary/aromatic N) is 3. The number of piperidine rings is 1. The van der Waals surface area contributed by atoms with Crippen molar-refractivity contribution in [3.63, 3.8) is 0 Å². The lowest BCUT2D eigenvalue weighted by Gasteiger charge is -2.32. The molecule has 6 nitrogen and oxygen atoms in total. The second-order valence-corrected chi connectivity index (χ2v) is 6.08. The summed E-state index contributed by atoms with van der Waals surface area (Å²) in [5, 5.41) is 3.13. The van der Waals surface area contributed by atoms with Gasteiger partial charge in [-0.1, -0.05) is 0 Å². The zero-order valence-electron chi connectivity index (χ0n) is 12.6. The van der Waals surface area contributed by atoms with Gasteiger partial charge in [-0.3, -0.25) is 4.79 Å². The fourth-order valence-electron chi connectivity index (χ4n) is 2.71. The second-order valence-electron chi connectivity index (χ2n) is 5.55. The van der Waals surface area contributed by atoms with E-state index >= 15 is 0 Å². The number of likely N-dealkylation sites (tertiary alicyclic amines) is 1. The number of rotatable bonds is 5. The third-order valence-corrected chi connectivity index (χ3v) is 4.61. The second kappa shape index (κ2) is 7.13. The minimum Gasteiger partial charge on any atom is -0.383 e. The van der Waals surface area contributed by atoms with Gasteiger partial charge in [0, 0.05) is 38.3 Å². The van der Waals surface area contributed by atoms with Gasteiger partial charge in [0.05, 0.1) is 18.3 Å². The highest BCUT2D eigenvalue weighted by Gasteiger charge is 2.21. The molecule has 0 unspecified atom stereocenters. The zero-order valence-corrected chi connectivity index (χ0v) is 13.4. The summed E-state index contributed by atoms with van der Waals surface area (Å²) in [6, 6.07) is 5.71. The van der Waals surface area contributed by atoms with Crippen molar-refractivity contribution in [3.8, 4) is 0 Å². The van der Waals surface area contributed by atoms with Crippen LogP contribution in [0.2, 0.25) is 0 Å². The van der Waals surface area contributed by atoms with Gasteiger partial charge in [0.1, 0.15) is 11.0 Å². The minimum atomic E-state index is -0.0229. The molecule has 1 aliphatic heterocycles. The Bertz CT molecular complexity index is 637. The predicted octanol–water partition coefficient (Wildman–Crippen LogP) is 1.53. The molecule has 0 saturated carbocycles. The molecule has 118 valence electrons. The molecule has 3 rings (SSSR count). The van der Waals surface area contributed by atoms with Gasteiger partial charge in [-0.05, 0) is 31.0 Å². The van der Waals surface area contributed by atoms with E-state index in [1.165, 1.54) is 11.7 Å². The largest absolute Gasteiger partial charge is 0.383 e. The maximum Gasteiger partial charge on any atom is 0.251 e. The number of nitrogens with one attached hydrogen (secondary N) is 1. The van der Waals surface area contributed by atoms with Crippen LogP contribution in [0.5, 0.6) is 0 Å². The van der Waals surface area contributed by atoms with Crippen LogP contribution in [0.4, 0.5) is 0 Å². The van der Waals surface area contributed by atoms with Crippen molar-refractivity contribution in [1.82, 2.24) is 19.0 Å². The van der Waals surface area contributed by atoms with Crippen molar-refractivity contribution >= 4 is 28.7 Å². The van der Waals surface area contributed by atoms with E-state index in [9.17, 15) is 4.79 Å². The van der Waals surface area contributed by atoms with E-state index in [0.717, 1.165) is 50.1 Å². The maximum atomic E-state index is 12.3. The maximum absolute atomic E-state index is 12.3. The van der Waals surface area contributed by atoms with Crippen LogP contribution in [0.25, 0.3) is 11.0 Å². The number of ether oxygens (including phenoxy) is 1. The average molecular weight is 320 g/mol. The fraction of sp³-hybridized carbons (Fsp3) is 0.533. The summed E-state index contributed by atoms with van der Waals surface area (Å²) in [5.74, 6) is -0.0229. The van der Waals surface area contributed by atoms with Crippen LogP contribution in [-0.4, -0.2) is 58.9 Å². The van der Waals surface area contributed by atoms with Gasteiger partial charge < -0.3 is 15.0 Å². The molecule has 1 aromatic heterocycles. The number of carbonyl (C=O) groups excluding carboxylic acids is 1. The standard InChI is InChI=1S/C15H20N4O2S/c1-21-9-8-19-6-4-12(5-7-19)16-15(20)11-2-3-13-14(10-11)18-22-17-13/h2-3,10,12H,4-9H2,1H3,(H,16,20). The molecule has 0 aliphatic carbocycles. The minimum absolute atomic E-state index is 0.0229. The predicted molar refractivity (Wildman–Crippen MR) is 86.2 cm³/mol. The van der Waals surface area contributed by atoms with Crippen LogP contribution < -0.4 is 5.32 Å². The highest BCUT2D eigenvalue weighted by atomic mass is 32.1. The van der Waals surface area contributed by atoms with Gasteiger partial charge in [-0.25, -0.2) is 0 Å². The van der Waals surface area contributed by atoms with E-state index in [4.69, 9.17) is 4.74 Å². The van der Waals surface area contributed by atoms with Crippen molar-refractivity contribution in [3.05, 3.63) is 23.8 Å². The van der Waals surface area contributed by atoms with Crippen LogP contribution in [0, 0.1) is 0 Å². The van der Waals surface area contributed by atoms with Gasteiger partial charge >= 0.3 is 0 Å². The van der Waals surface area contributed by atoms with E-state index < -0.39 is 0 Å². The number of methoxy groups -OCH3 is 1. The number of hydrogen-bond acceptors (Lipinski definition) is 6. The first-order chi connectivity index (χ1) is 10.8. The Labute approximate surface area is 133 Å². The first kappa shape index (κ1) is 15.3. The molecule has 0 radical (unpaired) electrons. The number of fused-ring (bicyclic) bond motifs is 1. The van der Waals surface area contributed by atoms with Crippen LogP contribution in [0.1, 0.15) is 23.2 Å². The van der Waals surface area contributed by atoms with Crippen LogP contribution in [0.15, 0.2) is 18.2 Å². The molecule has 0 spiro atoms. The summed E-state index contributed by atoms with van der Waals surface area (Å²) in [4.78, 5) is 14.7. The van der Waals surface area contributed by atoms with Gasteiger partial charge in [0.15, 0.2) is 0 Å². The Kier molecular flexibility index (Phi) is 4.97. The van der Waals surface area contributed by atoms with Gasteiger partial charge in [0.2, 0.25) is 0 Å². The highest BCUT2D eigenvalue weighted by molar-refractivity contribution is 7.00. The molecule has 1 aromatic carbocycles. The first-order valence-electron chi connectivity index (χ1n) is 7.51. The molecule has 0 atom stereocenters. The molecule has 22 heavy (non-hydrogen) atoms. The van der Waals surface area contributed by atoms with E-state index in [1.807, 2.05) is 18.2 Å². The molecule has 1 amide bonds. The quantitative estimate of drug-likeness (QED) is 0.905. The summed E-state index contributed by atoms with van der Waals surface area (Å²) in [6.07, 6.45) is 1.96. The van der Waals surface area contributed by atoms with Crippen molar-refractivity contribution in [2.75, 3.05) is 33.4 Å². The summed E-state index contributed by atoms with van der Waals surface area (Å²) in [6.45, 7) is 3.73. The molecule has 2 heterocycles. The SMILES string of the molecule is COCCN1CCC(NC(=O)c2ccc3nsnc3c2)CC1. The van der Waals surface area contributed by atoms with Crippen LogP contribution >= 0.6 is 11.7 Å². The van der Waals surface area contributed by atoms with Gasteiger partial charge in [-0.2, -0.15) is 8.75 Å². The van der Waals surface area contributed by atoms with Crippen molar-refractivity contribution < 1.29 is 9.53 Å². The number of aromatic nitrogens is 2. The molecule has 1 aliphatic rings. The molecule has 0 bridgehead atoms. The smallest absolute Gasteiger partial charge is 0.251 e. The molecular weight excluding hydrogens is 300 g/mol. The Balaban J connectivity index is 1.54. The van der Waals surface area contributed by atoms with E-state index in [2.05, 4.69) is 19.0 Å². The van der Waals surface area contributed by atoms with E-state index in [1.54, 1.807) is 7.11 Å². The molecule has 7 heteroatoms. The van der Waals surface area contributed by atoms with Crippen LogP contribution in [0.3, 0.4) is 0 Å². The molecular formula is C15H20N4O2S. The monoisotopic (exact) mass is 320 g/mol. The van der Waals surface area contributed by atoms with Crippen LogP contribution in [-0.2, 0) is 4.74 Å². The van der Waals surface area contributed by atoms with Gasteiger partial charge in [0.25, 0.3) is 5.91 Å². The number of benzene rings is 1. The highest BCUT2D eigenvalue weighted by Crippen LogP contribution is 2.15. The summed E-state index contributed by atoms with van der Waals surface area (Å²) < 4.78 is 13.4. The normalized spacial score (nSPS) is 17.0. The first-order valence-corrected chi connectivity index (χ1v) is 8.24. The number of amides is 1. The lowest BCUT2D eigenvalue weighted by Crippen LogP contribution is -2.45. The topological polar surface area (TPSA) is 67.3 Å². The third kappa shape index (κ3) is 3.60. The molecule has 1 fully saturated rings. The van der Waals surface area contributed by atoms with Crippen molar-refractivity contribution in [2.24, 2.45) is 0 Å². The van der Waals surface area contributed by atoms with Gasteiger partial charge in [-0.15, -0.1) is 0 Å². The Morgan fingerprint density at radius 1 is 1.36 bits per heavy atom. The molecule has 2 aromatic rings. The zero-order chi connectivity index (χ0) is 15.4. The lowest BCUT2D eigenvalue weighted by molar-refractivity contribution is 0.0893. The van der Waals surface area contributed by atoms with E-state index in [-0.39, 0.29) is 11.9 Å². The summed E-state index contributed by atoms with van der Waals surface area (Å²) in [7, 11) is 1.72. The Morgan fingerprint density at radius 2 is 2.14 bits per heavy atom. The summed E-state index contributed by atoms with van der Waals surface area (Å²) in [5.41, 5.74) is 2.28. The summed E-state index contributed by atoms with van der Waals surface area (Å²) >= 11 is 1.17. The van der Waals surface area contributed by atoms with E-state index in [0.29, 0.717) is 5.56 Å². The number of hydrogen-bond donors (Lipinski definition) is 1. The molecule has 1 saturated heterocycles. The fourth-order valence-corrected chi connectivity index (χ4v) is 3.23. The lowest BCUT2D eigenvalue weighted by atomic mass is 10.0. The number of carbonyl (C=O) groups is 1.